The fourth-order valence-corrected chi connectivity index (χ4v) is 3.69. The largest absolute Gasteiger partial charge is 0.497 e. The topological polar surface area (TPSA) is 66.0 Å². The molecule has 1 aromatic heterocycles. The van der Waals surface area contributed by atoms with Gasteiger partial charge in [-0.3, -0.25) is 0 Å². The number of nitrogens with zero attached hydrogens (tertiary/aromatic N) is 3. The van der Waals surface area contributed by atoms with Crippen LogP contribution in [0.2, 0.25) is 0 Å². The minimum atomic E-state index is 0.761. The highest BCUT2D eigenvalue weighted by atomic mass is 32.2. The minimum Gasteiger partial charge on any atom is -0.497 e. The van der Waals surface area contributed by atoms with Crippen LogP contribution in [-0.2, 0) is 18.7 Å². The van der Waals surface area contributed by atoms with E-state index in [0.717, 1.165) is 54.0 Å². The molecule has 0 spiro atoms. The number of anilines is 1. The molecule has 0 radical (unpaired) electrons. The maximum atomic E-state index is 5.81. The Morgan fingerprint density at radius 3 is 2.37 bits per heavy atom. The Labute approximate surface area is 165 Å². The highest BCUT2D eigenvalue weighted by Crippen LogP contribution is 2.25. The Morgan fingerprint density at radius 2 is 1.70 bits per heavy atom. The van der Waals surface area contributed by atoms with Gasteiger partial charge < -0.3 is 15.0 Å². The number of aromatic nitrogens is 3. The van der Waals surface area contributed by atoms with Gasteiger partial charge in [-0.1, -0.05) is 49.4 Å². The van der Waals surface area contributed by atoms with Crippen molar-refractivity contribution >= 4 is 17.4 Å². The first-order valence-corrected chi connectivity index (χ1v) is 10.2. The van der Waals surface area contributed by atoms with Crippen molar-refractivity contribution in [2.45, 2.75) is 43.6 Å². The molecular weight excluding hydrogens is 356 g/mol. The summed E-state index contributed by atoms with van der Waals surface area (Å²) in [6, 6.07) is 16.2. The Balaban J connectivity index is 1.76. The first-order valence-electron chi connectivity index (χ1n) is 9.22. The smallest absolute Gasteiger partial charge is 0.191 e. The molecule has 0 saturated carbocycles. The average Bonchev–Trinajstić information content (AvgIpc) is 3.08. The summed E-state index contributed by atoms with van der Waals surface area (Å²) < 4.78 is 7.46. The van der Waals surface area contributed by atoms with E-state index in [2.05, 4.69) is 46.0 Å². The molecule has 3 rings (SSSR count). The number of methoxy groups -OCH3 is 1. The van der Waals surface area contributed by atoms with Gasteiger partial charge >= 0.3 is 0 Å². The van der Waals surface area contributed by atoms with Gasteiger partial charge in [0.25, 0.3) is 0 Å². The Bertz CT molecular complexity index is 844. The summed E-state index contributed by atoms with van der Waals surface area (Å²) in [6.07, 6.45) is 3.20. The van der Waals surface area contributed by atoms with Crippen LogP contribution in [0, 0.1) is 0 Å². The first kappa shape index (κ1) is 19.3. The van der Waals surface area contributed by atoms with Crippen LogP contribution in [0.25, 0.3) is 0 Å². The van der Waals surface area contributed by atoms with Crippen LogP contribution in [0.1, 0.15) is 36.7 Å². The van der Waals surface area contributed by atoms with E-state index >= 15 is 0 Å². The molecule has 0 unspecified atom stereocenters. The summed E-state index contributed by atoms with van der Waals surface area (Å²) in [6.45, 7) is 2.96. The molecular formula is C21H26N4OS. The third-order valence-electron chi connectivity index (χ3n) is 4.39. The number of rotatable bonds is 9. The number of hydrogen-bond donors (Lipinski definition) is 1. The predicted molar refractivity (Wildman–Crippen MR) is 111 cm³/mol. The van der Waals surface area contributed by atoms with Crippen LogP contribution < -0.4 is 10.5 Å². The molecule has 0 aliphatic rings. The van der Waals surface area contributed by atoms with Crippen molar-refractivity contribution in [2.24, 2.45) is 0 Å². The molecule has 0 bridgehead atoms. The van der Waals surface area contributed by atoms with Gasteiger partial charge in [0.2, 0.25) is 0 Å². The quantitative estimate of drug-likeness (QED) is 0.434. The lowest BCUT2D eigenvalue weighted by Gasteiger charge is -2.11. The number of nitrogen functional groups attached to an aromatic ring is 1. The van der Waals surface area contributed by atoms with Gasteiger partial charge in [-0.05, 0) is 41.8 Å². The normalized spacial score (nSPS) is 10.9. The summed E-state index contributed by atoms with van der Waals surface area (Å²) in [4.78, 5) is 0. The lowest BCUT2D eigenvalue weighted by molar-refractivity contribution is 0.414. The molecule has 0 fully saturated rings. The highest BCUT2D eigenvalue weighted by Gasteiger charge is 2.13. The molecule has 0 amide bonds. The van der Waals surface area contributed by atoms with Crippen LogP contribution in [0.4, 0.5) is 5.69 Å². The molecule has 0 aliphatic carbocycles. The number of benzene rings is 2. The van der Waals surface area contributed by atoms with Crippen LogP contribution >= 0.6 is 11.8 Å². The Hall–Kier alpha value is -2.47. The Kier molecular flexibility index (Phi) is 6.76. The average molecular weight is 383 g/mol. The third kappa shape index (κ3) is 5.26. The van der Waals surface area contributed by atoms with Gasteiger partial charge in [0.05, 0.1) is 13.7 Å². The molecule has 0 saturated heterocycles. The number of unbranched alkanes of at least 4 members (excludes halogenated alkanes) is 1. The van der Waals surface area contributed by atoms with Crippen molar-refractivity contribution in [1.29, 1.82) is 0 Å². The zero-order valence-corrected chi connectivity index (χ0v) is 16.7. The van der Waals surface area contributed by atoms with Crippen LogP contribution in [-0.4, -0.2) is 21.9 Å². The first-order chi connectivity index (χ1) is 13.2. The summed E-state index contributed by atoms with van der Waals surface area (Å²) in [5, 5.41) is 9.87. The van der Waals surface area contributed by atoms with E-state index in [1.165, 1.54) is 11.1 Å². The van der Waals surface area contributed by atoms with E-state index in [4.69, 9.17) is 10.5 Å². The molecule has 6 heteroatoms. The zero-order chi connectivity index (χ0) is 19.1. The molecule has 0 aliphatic heterocycles. The number of ether oxygens (including phenoxy) is 1. The molecule has 1 heterocycles. The van der Waals surface area contributed by atoms with Gasteiger partial charge in [0.15, 0.2) is 5.16 Å². The molecule has 142 valence electrons. The fourth-order valence-electron chi connectivity index (χ4n) is 2.78. The predicted octanol–water partition coefficient (Wildman–Crippen LogP) is 4.55. The maximum Gasteiger partial charge on any atom is 0.191 e. The standard InChI is InChI=1S/C21H26N4OS/c1-3-4-5-20-23-24-21(25(20)14-16-6-10-18(22)11-7-16)27-15-17-8-12-19(26-2)13-9-17/h6-13H,3-5,14-15,22H2,1-2H3. The number of nitrogens with two attached hydrogens (primary N) is 1. The van der Waals surface area contributed by atoms with Crippen LogP contribution in [0.3, 0.4) is 0 Å². The zero-order valence-electron chi connectivity index (χ0n) is 15.9. The number of aryl methyl sites for hydroxylation is 1. The molecule has 27 heavy (non-hydrogen) atoms. The monoisotopic (exact) mass is 382 g/mol. The van der Waals surface area contributed by atoms with Crippen molar-refractivity contribution in [3.8, 4) is 5.75 Å². The van der Waals surface area contributed by atoms with E-state index in [1.54, 1.807) is 18.9 Å². The second kappa shape index (κ2) is 9.46. The van der Waals surface area contributed by atoms with Gasteiger partial charge in [-0.2, -0.15) is 0 Å². The van der Waals surface area contributed by atoms with Crippen molar-refractivity contribution < 1.29 is 4.74 Å². The van der Waals surface area contributed by atoms with Gasteiger partial charge in [-0.25, -0.2) is 0 Å². The fraction of sp³-hybridized carbons (Fsp3) is 0.333. The van der Waals surface area contributed by atoms with Crippen molar-refractivity contribution in [3.05, 3.63) is 65.5 Å². The van der Waals surface area contributed by atoms with Gasteiger partial charge in [0.1, 0.15) is 11.6 Å². The summed E-state index contributed by atoms with van der Waals surface area (Å²) in [5.74, 6) is 2.76. The van der Waals surface area contributed by atoms with Crippen molar-refractivity contribution in [1.82, 2.24) is 14.8 Å². The lowest BCUT2D eigenvalue weighted by atomic mass is 10.2. The molecule has 2 aromatic carbocycles. The molecule has 5 nitrogen and oxygen atoms in total. The summed E-state index contributed by atoms with van der Waals surface area (Å²) in [7, 11) is 1.68. The van der Waals surface area contributed by atoms with Crippen molar-refractivity contribution in [3.63, 3.8) is 0 Å². The van der Waals surface area contributed by atoms with E-state index in [9.17, 15) is 0 Å². The van der Waals surface area contributed by atoms with E-state index < -0.39 is 0 Å². The van der Waals surface area contributed by atoms with E-state index in [1.807, 2.05) is 24.3 Å². The third-order valence-corrected chi connectivity index (χ3v) is 5.43. The maximum absolute atomic E-state index is 5.81. The van der Waals surface area contributed by atoms with E-state index in [0.29, 0.717) is 0 Å². The highest BCUT2D eigenvalue weighted by molar-refractivity contribution is 7.98. The van der Waals surface area contributed by atoms with Gasteiger partial charge in [0, 0.05) is 17.9 Å². The lowest BCUT2D eigenvalue weighted by Crippen LogP contribution is -2.07. The summed E-state index contributed by atoms with van der Waals surface area (Å²) >= 11 is 1.71. The van der Waals surface area contributed by atoms with Gasteiger partial charge in [-0.15, -0.1) is 10.2 Å². The minimum absolute atomic E-state index is 0.761. The molecule has 3 aromatic rings. The van der Waals surface area contributed by atoms with E-state index in [-0.39, 0.29) is 0 Å². The Morgan fingerprint density at radius 1 is 1.00 bits per heavy atom. The number of hydrogen-bond acceptors (Lipinski definition) is 5. The molecule has 0 atom stereocenters. The van der Waals surface area contributed by atoms with Crippen LogP contribution in [0.5, 0.6) is 5.75 Å². The van der Waals surface area contributed by atoms with Crippen LogP contribution in [0.15, 0.2) is 53.7 Å². The second-order valence-corrected chi connectivity index (χ2v) is 7.41. The van der Waals surface area contributed by atoms with Crippen molar-refractivity contribution in [2.75, 3.05) is 12.8 Å². The number of thioether (sulfide) groups is 1. The summed E-state index contributed by atoms with van der Waals surface area (Å²) in [5.41, 5.74) is 9.03. The second-order valence-electron chi connectivity index (χ2n) is 6.47. The molecule has 2 N–H and O–H groups in total. The SMILES string of the molecule is CCCCc1nnc(SCc2ccc(OC)cc2)n1Cc1ccc(N)cc1.